The van der Waals surface area contributed by atoms with E-state index < -0.39 is 0 Å². The SMILES string of the molecule is CCOCCOCc1cccc(CNC(=O)COc2ccccc2Cl)c1. The molecule has 140 valence electrons. The number of carbonyl (C=O) groups excluding carboxylic acids is 1. The number of nitrogens with one attached hydrogen (secondary N) is 1. The van der Waals surface area contributed by atoms with Crippen molar-refractivity contribution in [3.05, 3.63) is 64.7 Å². The number of amides is 1. The van der Waals surface area contributed by atoms with Crippen molar-refractivity contribution in [1.29, 1.82) is 0 Å². The van der Waals surface area contributed by atoms with Crippen LogP contribution in [-0.2, 0) is 27.4 Å². The van der Waals surface area contributed by atoms with Crippen LogP contribution < -0.4 is 10.1 Å². The molecular weight excluding hydrogens is 354 g/mol. The van der Waals surface area contributed by atoms with Gasteiger partial charge < -0.3 is 19.5 Å². The van der Waals surface area contributed by atoms with Gasteiger partial charge in [-0.25, -0.2) is 0 Å². The average Bonchev–Trinajstić information content (AvgIpc) is 2.66. The van der Waals surface area contributed by atoms with Gasteiger partial charge >= 0.3 is 0 Å². The summed E-state index contributed by atoms with van der Waals surface area (Å²) in [4.78, 5) is 11.9. The maximum atomic E-state index is 11.9. The van der Waals surface area contributed by atoms with Crippen molar-refractivity contribution >= 4 is 17.5 Å². The lowest BCUT2D eigenvalue weighted by Crippen LogP contribution is -2.28. The Kier molecular flexibility index (Phi) is 8.96. The van der Waals surface area contributed by atoms with Crippen LogP contribution in [0, 0.1) is 0 Å². The van der Waals surface area contributed by atoms with E-state index >= 15 is 0 Å². The number of carbonyl (C=O) groups is 1. The molecule has 0 fully saturated rings. The van der Waals surface area contributed by atoms with E-state index in [1.165, 1.54) is 0 Å². The van der Waals surface area contributed by atoms with E-state index in [0.717, 1.165) is 11.1 Å². The number of rotatable bonds is 11. The van der Waals surface area contributed by atoms with Crippen molar-refractivity contribution in [2.75, 3.05) is 26.4 Å². The molecule has 0 saturated carbocycles. The highest BCUT2D eigenvalue weighted by Crippen LogP contribution is 2.22. The van der Waals surface area contributed by atoms with E-state index in [1.807, 2.05) is 37.3 Å². The second-order valence-corrected chi connectivity index (χ2v) is 5.97. The molecule has 0 bridgehead atoms. The van der Waals surface area contributed by atoms with Crippen LogP contribution in [0.25, 0.3) is 0 Å². The van der Waals surface area contributed by atoms with Gasteiger partial charge in [0.1, 0.15) is 5.75 Å². The molecule has 0 unspecified atom stereocenters. The summed E-state index contributed by atoms with van der Waals surface area (Å²) in [5.41, 5.74) is 2.06. The highest BCUT2D eigenvalue weighted by atomic mass is 35.5. The first-order valence-corrected chi connectivity index (χ1v) is 8.94. The van der Waals surface area contributed by atoms with Crippen molar-refractivity contribution in [2.45, 2.75) is 20.1 Å². The molecule has 2 aromatic carbocycles. The molecule has 0 spiro atoms. The summed E-state index contributed by atoms with van der Waals surface area (Å²) < 4.78 is 16.2. The zero-order valence-corrected chi connectivity index (χ0v) is 15.6. The number of benzene rings is 2. The molecular formula is C20H24ClNO4. The van der Waals surface area contributed by atoms with E-state index in [1.54, 1.807) is 18.2 Å². The zero-order chi connectivity index (χ0) is 18.6. The molecule has 26 heavy (non-hydrogen) atoms. The molecule has 0 aromatic heterocycles. The minimum atomic E-state index is -0.205. The van der Waals surface area contributed by atoms with Crippen LogP contribution in [0.5, 0.6) is 5.75 Å². The van der Waals surface area contributed by atoms with Crippen LogP contribution in [0.15, 0.2) is 48.5 Å². The van der Waals surface area contributed by atoms with E-state index in [-0.39, 0.29) is 12.5 Å². The molecule has 0 atom stereocenters. The fraction of sp³-hybridized carbons (Fsp3) is 0.350. The second-order valence-electron chi connectivity index (χ2n) is 5.57. The minimum Gasteiger partial charge on any atom is -0.482 e. The third-order valence-corrected chi connectivity index (χ3v) is 3.83. The molecule has 5 nitrogen and oxygen atoms in total. The van der Waals surface area contributed by atoms with Crippen molar-refractivity contribution in [3.63, 3.8) is 0 Å². The van der Waals surface area contributed by atoms with Crippen molar-refractivity contribution in [3.8, 4) is 5.75 Å². The van der Waals surface area contributed by atoms with Gasteiger partial charge in [0.15, 0.2) is 6.61 Å². The largest absolute Gasteiger partial charge is 0.482 e. The Morgan fingerprint density at radius 3 is 2.62 bits per heavy atom. The number of hydrogen-bond donors (Lipinski definition) is 1. The number of ether oxygens (including phenoxy) is 3. The molecule has 0 heterocycles. The first-order chi connectivity index (χ1) is 12.7. The second kappa shape index (κ2) is 11.5. The fourth-order valence-electron chi connectivity index (χ4n) is 2.24. The highest BCUT2D eigenvalue weighted by molar-refractivity contribution is 6.32. The summed E-state index contributed by atoms with van der Waals surface area (Å²) in [6.45, 7) is 4.67. The standard InChI is InChI=1S/C20H24ClNO4/c1-2-24-10-11-25-14-17-7-5-6-16(12-17)13-22-20(23)15-26-19-9-4-3-8-18(19)21/h3-9,12H,2,10-11,13-15H2,1H3,(H,22,23). The van der Waals surface area contributed by atoms with Gasteiger partial charge in [0.25, 0.3) is 5.91 Å². The molecule has 2 aromatic rings. The lowest BCUT2D eigenvalue weighted by Gasteiger charge is -2.10. The van der Waals surface area contributed by atoms with Gasteiger partial charge in [0.05, 0.1) is 24.8 Å². The Morgan fingerprint density at radius 1 is 1.04 bits per heavy atom. The van der Waals surface area contributed by atoms with Gasteiger partial charge in [-0.2, -0.15) is 0 Å². The molecule has 0 aliphatic heterocycles. The van der Waals surface area contributed by atoms with Crippen LogP contribution in [-0.4, -0.2) is 32.3 Å². The number of hydrogen-bond acceptors (Lipinski definition) is 4. The maximum Gasteiger partial charge on any atom is 0.258 e. The van der Waals surface area contributed by atoms with Crippen LogP contribution in [0.4, 0.5) is 0 Å². The summed E-state index contributed by atoms with van der Waals surface area (Å²) in [7, 11) is 0. The lowest BCUT2D eigenvalue weighted by molar-refractivity contribution is -0.123. The molecule has 1 N–H and O–H groups in total. The van der Waals surface area contributed by atoms with Gasteiger partial charge in [-0.3, -0.25) is 4.79 Å². The van der Waals surface area contributed by atoms with Crippen molar-refractivity contribution in [1.82, 2.24) is 5.32 Å². The Labute approximate surface area is 159 Å². The summed E-state index contributed by atoms with van der Waals surface area (Å²) >= 11 is 5.99. The van der Waals surface area contributed by atoms with Crippen LogP contribution in [0.1, 0.15) is 18.1 Å². The van der Waals surface area contributed by atoms with E-state index in [0.29, 0.717) is 43.7 Å². The molecule has 0 radical (unpaired) electrons. The molecule has 6 heteroatoms. The van der Waals surface area contributed by atoms with Gasteiger partial charge in [-0.1, -0.05) is 48.0 Å². The normalized spacial score (nSPS) is 10.5. The molecule has 0 saturated heterocycles. The monoisotopic (exact) mass is 377 g/mol. The summed E-state index contributed by atoms with van der Waals surface area (Å²) in [6.07, 6.45) is 0. The molecule has 2 rings (SSSR count). The Morgan fingerprint density at radius 2 is 1.81 bits per heavy atom. The minimum absolute atomic E-state index is 0.0794. The third kappa shape index (κ3) is 7.44. The number of halogens is 1. The van der Waals surface area contributed by atoms with E-state index in [9.17, 15) is 4.79 Å². The maximum absolute atomic E-state index is 11.9. The summed E-state index contributed by atoms with van der Waals surface area (Å²) in [5, 5.41) is 3.32. The van der Waals surface area contributed by atoms with E-state index in [2.05, 4.69) is 5.32 Å². The summed E-state index contributed by atoms with van der Waals surface area (Å²) in [5.74, 6) is 0.291. The molecule has 0 aliphatic carbocycles. The third-order valence-electron chi connectivity index (χ3n) is 3.52. The fourth-order valence-corrected chi connectivity index (χ4v) is 2.43. The van der Waals surface area contributed by atoms with Gasteiger partial charge in [0.2, 0.25) is 0 Å². The first kappa shape index (κ1) is 20.2. The first-order valence-electron chi connectivity index (χ1n) is 8.56. The lowest BCUT2D eigenvalue weighted by atomic mass is 10.1. The predicted molar refractivity (Wildman–Crippen MR) is 101 cm³/mol. The molecule has 1 amide bonds. The van der Waals surface area contributed by atoms with Crippen LogP contribution in [0.3, 0.4) is 0 Å². The quantitative estimate of drug-likeness (QED) is 0.608. The highest BCUT2D eigenvalue weighted by Gasteiger charge is 2.05. The number of para-hydroxylation sites is 1. The Bertz CT molecular complexity index is 693. The van der Waals surface area contributed by atoms with Crippen molar-refractivity contribution in [2.24, 2.45) is 0 Å². The zero-order valence-electron chi connectivity index (χ0n) is 14.9. The average molecular weight is 378 g/mol. The predicted octanol–water partition coefficient (Wildman–Crippen LogP) is 3.59. The van der Waals surface area contributed by atoms with Crippen LogP contribution in [0.2, 0.25) is 5.02 Å². The van der Waals surface area contributed by atoms with Gasteiger partial charge in [-0.15, -0.1) is 0 Å². The van der Waals surface area contributed by atoms with Gasteiger partial charge in [0, 0.05) is 13.2 Å². The van der Waals surface area contributed by atoms with Gasteiger partial charge in [-0.05, 0) is 30.2 Å². The van der Waals surface area contributed by atoms with Crippen molar-refractivity contribution < 1.29 is 19.0 Å². The topological polar surface area (TPSA) is 56.8 Å². The Balaban J connectivity index is 1.72. The van der Waals surface area contributed by atoms with Crippen LogP contribution >= 0.6 is 11.6 Å². The summed E-state index contributed by atoms with van der Waals surface area (Å²) in [6, 6.07) is 15.0. The van der Waals surface area contributed by atoms with E-state index in [4.69, 9.17) is 25.8 Å². The molecule has 0 aliphatic rings. The smallest absolute Gasteiger partial charge is 0.258 e. The Hall–Kier alpha value is -2.08.